The summed E-state index contributed by atoms with van der Waals surface area (Å²) in [5.41, 5.74) is 6.14. The molecule has 0 saturated heterocycles. The fourth-order valence-corrected chi connectivity index (χ4v) is 4.43. The van der Waals surface area contributed by atoms with Gasteiger partial charge in [0.15, 0.2) is 0 Å². The van der Waals surface area contributed by atoms with Crippen LogP contribution in [0.5, 0.6) is 0 Å². The zero-order valence-electron chi connectivity index (χ0n) is 22.1. The lowest BCUT2D eigenvalue weighted by Gasteiger charge is -2.18. The molecule has 2 aromatic carbocycles. The summed E-state index contributed by atoms with van der Waals surface area (Å²) in [7, 11) is 5.82. The lowest BCUT2D eigenvalue weighted by atomic mass is 10.2. The first-order valence-corrected chi connectivity index (χ1v) is 12.8. The molecular weight excluding hydrogens is 535 g/mol. The second-order valence-corrected chi connectivity index (χ2v) is 9.61. The van der Waals surface area contributed by atoms with Gasteiger partial charge in [-0.05, 0) is 85.6 Å². The van der Waals surface area contributed by atoms with Crippen LogP contribution in [-0.4, -0.2) is 46.5 Å². The van der Waals surface area contributed by atoms with Gasteiger partial charge in [-0.3, -0.25) is 9.36 Å². The average Bonchev–Trinajstić information content (AvgIpc) is 3.36. The van der Waals surface area contributed by atoms with Crippen LogP contribution in [0.2, 0.25) is 10.6 Å². The number of nitrogens with zero attached hydrogens (tertiary/aromatic N) is 9. The van der Waals surface area contributed by atoms with E-state index in [-0.39, 0.29) is 10.6 Å². The van der Waals surface area contributed by atoms with E-state index in [9.17, 15) is 0 Å². The molecule has 0 bridgehead atoms. The van der Waals surface area contributed by atoms with Crippen LogP contribution in [0, 0.1) is 13.8 Å². The maximum atomic E-state index is 5.83. The van der Waals surface area contributed by atoms with Crippen LogP contribution < -0.4 is 10.2 Å². The number of nitrogens with one attached hydrogen (secondary N) is 1. The second-order valence-electron chi connectivity index (χ2n) is 8.93. The number of hydrogen-bond donors (Lipinski definition) is 1. The van der Waals surface area contributed by atoms with Crippen molar-refractivity contribution in [3.63, 3.8) is 0 Å². The lowest BCUT2D eigenvalue weighted by Crippen LogP contribution is -2.11. The van der Waals surface area contributed by atoms with Crippen LogP contribution in [0.25, 0.3) is 21.8 Å². The van der Waals surface area contributed by atoms with Gasteiger partial charge in [-0.25, -0.2) is 19.9 Å². The standard InChI is InChI=1S/C14H14ClN5.C13H12ClN5/c1-9-11-5-4-10(8-12(11)18-20(9)3)19(2)13-6-7-16-14(15)17-13;1-8-10-4-3-9(7-11(10)18-19(8)2)16-12-5-6-15-13(14)17-12/h4-8H,1-3H3;3-7H,1-2H3,(H,15,16,17). The largest absolute Gasteiger partial charge is 0.340 e. The lowest BCUT2D eigenvalue weighted by molar-refractivity contribution is 0.751. The molecule has 0 spiro atoms. The molecule has 0 radical (unpaired) electrons. The summed E-state index contributed by atoms with van der Waals surface area (Å²) in [5.74, 6) is 1.41. The minimum absolute atomic E-state index is 0.222. The van der Waals surface area contributed by atoms with Gasteiger partial charge >= 0.3 is 0 Å². The third-order valence-corrected chi connectivity index (χ3v) is 6.85. The highest BCUT2D eigenvalue weighted by atomic mass is 35.5. The summed E-state index contributed by atoms with van der Waals surface area (Å²) in [4.78, 5) is 18.0. The number of aryl methyl sites for hydroxylation is 4. The number of anilines is 4. The van der Waals surface area contributed by atoms with Crippen molar-refractivity contribution in [2.75, 3.05) is 17.3 Å². The van der Waals surface area contributed by atoms with E-state index >= 15 is 0 Å². The molecule has 0 aliphatic heterocycles. The van der Waals surface area contributed by atoms with Crippen molar-refractivity contribution in [3.8, 4) is 0 Å². The van der Waals surface area contributed by atoms with Gasteiger partial charge in [0.2, 0.25) is 10.6 Å². The highest BCUT2D eigenvalue weighted by Crippen LogP contribution is 2.27. The molecule has 0 amide bonds. The Bertz CT molecular complexity index is 1790. The summed E-state index contributed by atoms with van der Waals surface area (Å²) in [6, 6.07) is 15.8. The number of rotatable bonds is 4. The Balaban J connectivity index is 0.000000158. The van der Waals surface area contributed by atoms with Crippen molar-refractivity contribution in [2.45, 2.75) is 13.8 Å². The Hall–Kier alpha value is -4.28. The first kappa shape index (κ1) is 26.3. The van der Waals surface area contributed by atoms with E-state index in [2.05, 4.69) is 48.4 Å². The van der Waals surface area contributed by atoms with Crippen LogP contribution >= 0.6 is 23.2 Å². The minimum Gasteiger partial charge on any atom is -0.340 e. The number of aromatic nitrogens is 8. The van der Waals surface area contributed by atoms with Crippen molar-refractivity contribution >= 4 is 68.0 Å². The molecule has 10 nitrogen and oxygen atoms in total. The van der Waals surface area contributed by atoms with E-state index in [0.717, 1.165) is 50.4 Å². The van der Waals surface area contributed by atoms with E-state index < -0.39 is 0 Å². The zero-order valence-corrected chi connectivity index (χ0v) is 23.6. The molecule has 4 heterocycles. The van der Waals surface area contributed by atoms with Crippen molar-refractivity contribution in [2.24, 2.45) is 14.1 Å². The second kappa shape index (κ2) is 10.8. The van der Waals surface area contributed by atoms with Gasteiger partial charge in [0.25, 0.3) is 0 Å². The Labute approximate surface area is 235 Å². The molecule has 198 valence electrons. The monoisotopic (exact) mass is 560 g/mol. The van der Waals surface area contributed by atoms with E-state index in [1.165, 1.54) is 0 Å². The van der Waals surface area contributed by atoms with Crippen molar-refractivity contribution in [3.05, 3.63) is 82.9 Å². The predicted octanol–water partition coefficient (Wildman–Crippen LogP) is 6.16. The van der Waals surface area contributed by atoms with Gasteiger partial charge in [-0.15, -0.1) is 0 Å². The third kappa shape index (κ3) is 5.62. The van der Waals surface area contributed by atoms with E-state index in [0.29, 0.717) is 5.82 Å². The van der Waals surface area contributed by atoms with Crippen LogP contribution in [0.3, 0.4) is 0 Å². The fourth-order valence-electron chi connectivity index (χ4n) is 4.13. The quantitative estimate of drug-likeness (QED) is 0.255. The summed E-state index contributed by atoms with van der Waals surface area (Å²) in [5, 5.41) is 14.9. The smallest absolute Gasteiger partial charge is 0.224 e. The van der Waals surface area contributed by atoms with Crippen molar-refractivity contribution in [1.29, 1.82) is 0 Å². The van der Waals surface area contributed by atoms with Gasteiger partial charge in [-0.2, -0.15) is 10.2 Å². The first-order valence-electron chi connectivity index (χ1n) is 12.0. The molecule has 39 heavy (non-hydrogen) atoms. The van der Waals surface area contributed by atoms with E-state index in [4.69, 9.17) is 23.2 Å². The molecule has 6 aromatic rings. The Kier molecular flexibility index (Phi) is 7.32. The SMILES string of the molecule is Cc1c2ccc(N(C)c3ccnc(Cl)n3)cc2nn1C.Cc1c2ccc(Nc3ccnc(Cl)n3)cc2nn1C. The topological polar surface area (TPSA) is 102 Å². The Morgan fingerprint density at radius 3 is 1.97 bits per heavy atom. The summed E-state index contributed by atoms with van der Waals surface area (Å²) in [6.07, 6.45) is 3.26. The highest BCUT2D eigenvalue weighted by molar-refractivity contribution is 6.28. The van der Waals surface area contributed by atoms with Crippen molar-refractivity contribution in [1.82, 2.24) is 39.5 Å². The Morgan fingerprint density at radius 1 is 0.744 bits per heavy atom. The Morgan fingerprint density at radius 2 is 1.33 bits per heavy atom. The molecule has 6 rings (SSSR count). The molecule has 0 fully saturated rings. The predicted molar refractivity (Wildman–Crippen MR) is 156 cm³/mol. The molecular formula is C27H26Cl2N10. The summed E-state index contributed by atoms with van der Waals surface area (Å²) in [6.45, 7) is 4.11. The van der Waals surface area contributed by atoms with Crippen LogP contribution in [0.4, 0.5) is 23.0 Å². The highest BCUT2D eigenvalue weighted by Gasteiger charge is 2.10. The first-order chi connectivity index (χ1) is 18.7. The van der Waals surface area contributed by atoms with E-state index in [1.807, 2.05) is 78.7 Å². The number of hydrogen-bond acceptors (Lipinski definition) is 8. The van der Waals surface area contributed by atoms with Crippen molar-refractivity contribution < 1.29 is 0 Å². The molecule has 1 N–H and O–H groups in total. The van der Waals surface area contributed by atoms with Gasteiger partial charge in [-0.1, -0.05) is 0 Å². The molecule has 4 aromatic heterocycles. The maximum Gasteiger partial charge on any atom is 0.224 e. The molecule has 0 saturated carbocycles. The maximum absolute atomic E-state index is 5.83. The fraction of sp³-hybridized carbons (Fsp3) is 0.185. The van der Waals surface area contributed by atoms with Gasteiger partial charge < -0.3 is 10.2 Å². The third-order valence-electron chi connectivity index (χ3n) is 6.49. The van der Waals surface area contributed by atoms with Crippen LogP contribution in [0.15, 0.2) is 60.9 Å². The molecule has 0 unspecified atom stereocenters. The molecule has 0 aliphatic carbocycles. The molecule has 12 heteroatoms. The van der Waals surface area contributed by atoms with Gasteiger partial charge in [0, 0.05) is 67.1 Å². The van der Waals surface area contributed by atoms with E-state index in [1.54, 1.807) is 18.5 Å². The normalized spacial score (nSPS) is 10.9. The number of fused-ring (bicyclic) bond motifs is 2. The molecule has 0 aliphatic rings. The van der Waals surface area contributed by atoms with Gasteiger partial charge in [0.1, 0.15) is 11.6 Å². The average molecular weight is 561 g/mol. The van der Waals surface area contributed by atoms with Gasteiger partial charge in [0.05, 0.1) is 11.0 Å². The summed E-state index contributed by atoms with van der Waals surface area (Å²) < 4.78 is 3.76. The molecule has 0 atom stereocenters. The van der Waals surface area contributed by atoms with Crippen LogP contribution in [-0.2, 0) is 14.1 Å². The van der Waals surface area contributed by atoms with Crippen LogP contribution in [0.1, 0.15) is 11.4 Å². The zero-order chi connectivity index (χ0) is 27.7. The number of halogens is 2. The summed E-state index contributed by atoms with van der Waals surface area (Å²) >= 11 is 11.6. The minimum atomic E-state index is 0.222. The number of benzene rings is 2.